The Labute approximate surface area is 146 Å². The van der Waals surface area contributed by atoms with Gasteiger partial charge in [0.2, 0.25) is 0 Å². The summed E-state index contributed by atoms with van der Waals surface area (Å²) in [6, 6.07) is 14.5. The van der Waals surface area contributed by atoms with E-state index in [1.165, 1.54) is 11.8 Å². The highest BCUT2D eigenvalue weighted by molar-refractivity contribution is 6.39. The van der Waals surface area contributed by atoms with E-state index < -0.39 is 11.8 Å². The normalized spacial score (nSPS) is 10.5. The predicted molar refractivity (Wildman–Crippen MR) is 97.8 cm³/mol. The van der Waals surface area contributed by atoms with Crippen LogP contribution in [0, 0.1) is 0 Å². The highest BCUT2D eigenvalue weighted by Gasteiger charge is 2.12. The van der Waals surface area contributed by atoms with E-state index in [0.29, 0.717) is 18.0 Å². The summed E-state index contributed by atoms with van der Waals surface area (Å²) in [6.07, 6.45) is 2.45. The van der Waals surface area contributed by atoms with Gasteiger partial charge in [-0.2, -0.15) is 5.10 Å². The summed E-state index contributed by atoms with van der Waals surface area (Å²) < 4.78 is 5.31. The van der Waals surface area contributed by atoms with Gasteiger partial charge in [0.05, 0.1) is 12.8 Å². The number of benzene rings is 2. The number of anilines is 1. The molecule has 2 aromatic carbocycles. The Kier molecular flexibility index (Phi) is 6.71. The van der Waals surface area contributed by atoms with E-state index in [4.69, 9.17) is 4.74 Å². The molecule has 2 amide bonds. The van der Waals surface area contributed by atoms with Gasteiger partial charge in [-0.3, -0.25) is 9.59 Å². The molecule has 0 aromatic heterocycles. The maximum absolute atomic E-state index is 11.8. The second-order valence-electron chi connectivity index (χ2n) is 5.21. The molecule has 0 atom stereocenters. The quantitative estimate of drug-likeness (QED) is 0.482. The smallest absolute Gasteiger partial charge is 0.329 e. The van der Waals surface area contributed by atoms with E-state index in [1.54, 1.807) is 24.3 Å². The molecule has 2 N–H and O–H groups in total. The van der Waals surface area contributed by atoms with Crippen LogP contribution in [0.1, 0.15) is 25.0 Å². The van der Waals surface area contributed by atoms with Crippen molar-refractivity contribution >= 4 is 23.7 Å². The third-order valence-corrected chi connectivity index (χ3v) is 3.40. The SMILES string of the molecule is CCOc1ccc(NC(=O)C(=O)N/N=C/c2ccc(CC)cc2)cc1. The van der Waals surface area contributed by atoms with E-state index >= 15 is 0 Å². The second-order valence-corrected chi connectivity index (χ2v) is 5.21. The number of nitrogens with one attached hydrogen (secondary N) is 2. The maximum atomic E-state index is 11.8. The van der Waals surface area contributed by atoms with Crippen LogP contribution in [-0.4, -0.2) is 24.6 Å². The van der Waals surface area contributed by atoms with Crippen molar-refractivity contribution in [2.24, 2.45) is 5.10 Å². The molecule has 0 saturated carbocycles. The molecule has 0 heterocycles. The number of hydrazone groups is 1. The number of rotatable bonds is 6. The Morgan fingerprint density at radius 2 is 1.68 bits per heavy atom. The molecule has 0 aliphatic heterocycles. The Balaban J connectivity index is 1.84. The molecular formula is C19H21N3O3. The van der Waals surface area contributed by atoms with Crippen molar-refractivity contribution in [3.05, 3.63) is 59.7 Å². The number of carbonyl (C=O) groups excluding carboxylic acids is 2. The number of carbonyl (C=O) groups is 2. The molecule has 2 rings (SSSR count). The van der Waals surface area contributed by atoms with Gasteiger partial charge in [0, 0.05) is 5.69 Å². The first-order valence-electron chi connectivity index (χ1n) is 8.08. The molecule has 0 bridgehead atoms. The summed E-state index contributed by atoms with van der Waals surface area (Å²) in [4.78, 5) is 23.6. The van der Waals surface area contributed by atoms with Crippen LogP contribution in [0.3, 0.4) is 0 Å². The average molecular weight is 339 g/mol. The lowest BCUT2D eigenvalue weighted by Gasteiger charge is -2.06. The Bertz CT molecular complexity index is 738. The zero-order chi connectivity index (χ0) is 18.1. The lowest BCUT2D eigenvalue weighted by molar-refractivity contribution is -0.136. The van der Waals surface area contributed by atoms with Crippen LogP contribution >= 0.6 is 0 Å². The number of ether oxygens (including phenoxy) is 1. The van der Waals surface area contributed by atoms with E-state index in [0.717, 1.165) is 12.0 Å². The molecule has 0 aliphatic rings. The van der Waals surface area contributed by atoms with Crippen molar-refractivity contribution in [2.75, 3.05) is 11.9 Å². The average Bonchev–Trinajstić information content (AvgIpc) is 2.64. The molecule has 0 fully saturated rings. The Morgan fingerprint density at radius 1 is 1.00 bits per heavy atom. The zero-order valence-corrected chi connectivity index (χ0v) is 14.3. The molecule has 0 spiro atoms. The van der Waals surface area contributed by atoms with Crippen LogP contribution in [0.25, 0.3) is 0 Å². The van der Waals surface area contributed by atoms with Crippen LogP contribution in [0.15, 0.2) is 53.6 Å². The molecule has 6 nitrogen and oxygen atoms in total. The van der Waals surface area contributed by atoms with E-state index in [1.807, 2.05) is 31.2 Å². The minimum absolute atomic E-state index is 0.503. The number of hydrogen-bond acceptors (Lipinski definition) is 4. The highest BCUT2D eigenvalue weighted by atomic mass is 16.5. The van der Waals surface area contributed by atoms with Gasteiger partial charge < -0.3 is 10.1 Å². The number of nitrogens with zero attached hydrogens (tertiary/aromatic N) is 1. The van der Waals surface area contributed by atoms with Crippen molar-refractivity contribution in [1.29, 1.82) is 0 Å². The van der Waals surface area contributed by atoms with Gasteiger partial charge in [0.25, 0.3) is 0 Å². The van der Waals surface area contributed by atoms with E-state index in [2.05, 4.69) is 22.8 Å². The number of hydrogen-bond donors (Lipinski definition) is 2. The van der Waals surface area contributed by atoms with Gasteiger partial charge in [-0.25, -0.2) is 5.43 Å². The number of amides is 2. The first-order valence-corrected chi connectivity index (χ1v) is 8.08. The van der Waals surface area contributed by atoms with Gasteiger partial charge in [0.15, 0.2) is 0 Å². The first kappa shape index (κ1) is 18.2. The Hall–Kier alpha value is -3.15. The van der Waals surface area contributed by atoms with Crippen LogP contribution in [0.2, 0.25) is 0 Å². The van der Waals surface area contributed by atoms with Crippen molar-refractivity contribution in [3.8, 4) is 5.75 Å². The molecule has 2 aromatic rings. The fraction of sp³-hybridized carbons (Fsp3) is 0.211. The van der Waals surface area contributed by atoms with Crippen LogP contribution < -0.4 is 15.5 Å². The monoisotopic (exact) mass is 339 g/mol. The molecule has 0 saturated heterocycles. The molecule has 0 unspecified atom stereocenters. The largest absolute Gasteiger partial charge is 0.494 e. The van der Waals surface area contributed by atoms with Gasteiger partial charge in [-0.15, -0.1) is 0 Å². The van der Waals surface area contributed by atoms with Crippen LogP contribution in [0.4, 0.5) is 5.69 Å². The Morgan fingerprint density at radius 3 is 2.28 bits per heavy atom. The van der Waals surface area contributed by atoms with Crippen LogP contribution in [-0.2, 0) is 16.0 Å². The van der Waals surface area contributed by atoms with Crippen molar-refractivity contribution < 1.29 is 14.3 Å². The van der Waals surface area contributed by atoms with E-state index in [9.17, 15) is 9.59 Å². The van der Waals surface area contributed by atoms with Crippen molar-refractivity contribution in [2.45, 2.75) is 20.3 Å². The van der Waals surface area contributed by atoms with Crippen molar-refractivity contribution in [1.82, 2.24) is 5.43 Å². The van der Waals surface area contributed by atoms with Crippen molar-refractivity contribution in [3.63, 3.8) is 0 Å². The number of aryl methyl sites for hydroxylation is 1. The molecular weight excluding hydrogens is 318 g/mol. The lowest BCUT2D eigenvalue weighted by Crippen LogP contribution is -2.32. The van der Waals surface area contributed by atoms with Gasteiger partial charge >= 0.3 is 11.8 Å². The molecule has 6 heteroatoms. The molecule has 130 valence electrons. The summed E-state index contributed by atoms with van der Waals surface area (Å²) >= 11 is 0. The molecule has 0 aliphatic carbocycles. The second kappa shape index (κ2) is 9.22. The standard InChI is InChI=1S/C19H21N3O3/c1-3-14-5-7-15(8-6-14)13-20-22-19(24)18(23)21-16-9-11-17(12-10-16)25-4-2/h5-13H,3-4H2,1-2H3,(H,21,23)(H,22,24)/b20-13+. The van der Waals surface area contributed by atoms with Gasteiger partial charge in [-0.1, -0.05) is 31.2 Å². The summed E-state index contributed by atoms with van der Waals surface area (Å²) in [7, 11) is 0. The summed E-state index contributed by atoms with van der Waals surface area (Å²) in [6.45, 7) is 4.53. The summed E-state index contributed by atoms with van der Waals surface area (Å²) in [5.41, 5.74) is 4.76. The third-order valence-electron chi connectivity index (χ3n) is 3.40. The minimum Gasteiger partial charge on any atom is -0.494 e. The first-order chi connectivity index (χ1) is 12.1. The summed E-state index contributed by atoms with van der Waals surface area (Å²) in [5, 5.41) is 6.29. The fourth-order valence-corrected chi connectivity index (χ4v) is 2.04. The zero-order valence-electron chi connectivity index (χ0n) is 14.3. The van der Waals surface area contributed by atoms with Gasteiger partial charge in [-0.05, 0) is 48.7 Å². The summed E-state index contributed by atoms with van der Waals surface area (Å²) in [5.74, 6) is -0.929. The maximum Gasteiger partial charge on any atom is 0.329 e. The minimum atomic E-state index is -0.838. The highest BCUT2D eigenvalue weighted by Crippen LogP contribution is 2.15. The third kappa shape index (κ3) is 5.76. The van der Waals surface area contributed by atoms with Gasteiger partial charge in [0.1, 0.15) is 5.75 Å². The predicted octanol–water partition coefficient (Wildman–Crippen LogP) is 2.74. The topological polar surface area (TPSA) is 79.8 Å². The van der Waals surface area contributed by atoms with E-state index in [-0.39, 0.29) is 0 Å². The molecule has 0 radical (unpaired) electrons. The lowest BCUT2D eigenvalue weighted by atomic mass is 10.1. The fourth-order valence-electron chi connectivity index (χ4n) is 2.04. The molecule has 25 heavy (non-hydrogen) atoms. The van der Waals surface area contributed by atoms with Crippen LogP contribution in [0.5, 0.6) is 5.75 Å².